The summed E-state index contributed by atoms with van der Waals surface area (Å²) in [6.45, 7) is 4.03. The molecule has 0 aliphatic heterocycles. The minimum atomic E-state index is -0.691. The average Bonchev–Trinajstić information content (AvgIpc) is 2.34. The number of halogens is 1. The first-order valence-electron chi connectivity index (χ1n) is 7.48. The van der Waals surface area contributed by atoms with Crippen LogP contribution >= 0.6 is 11.6 Å². The highest BCUT2D eigenvalue weighted by Gasteiger charge is 2.52. The van der Waals surface area contributed by atoms with Crippen LogP contribution in [0.25, 0.3) is 0 Å². The van der Waals surface area contributed by atoms with Gasteiger partial charge in [-0.25, -0.2) is 0 Å². The highest BCUT2D eigenvalue weighted by Crippen LogP contribution is 2.51. The maximum absolute atomic E-state index is 10.9. The maximum atomic E-state index is 10.9. The van der Waals surface area contributed by atoms with Gasteiger partial charge in [0.1, 0.15) is 0 Å². The molecular weight excluding hydrogens is 270 g/mol. The molecule has 1 aliphatic carbocycles. The third kappa shape index (κ3) is 2.61. The Morgan fingerprint density at radius 2 is 1.85 bits per heavy atom. The molecule has 0 bridgehead atoms. The van der Waals surface area contributed by atoms with E-state index in [4.69, 9.17) is 11.6 Å². The van der Waals surface area contributed by atoms with E-state index >= 15 is 0 Å². The fraction of sp³-hybridized carbons (Fsp3) is 0.647. The molecule has 1 saturated carbocycles. The van der Waals surface area contributed by atoms with Gasteiger partial charge in [-0.3, -0.25) is 0 Å². The third-order valence-corrected chi connectivity index (χ3v) is 5.26. The predicted molar refractivity (Wildman–Crippen MR) is 85.4 cm³/mol. The van der Waals surface area contributed by atoms with E-state index in [1.54, 1.807) is 0 Å². The van der Waals surface area contributed by atoms with Crippen LogP contribution in [0.4, 0.5) is 0 Å². The molecule has 2 rings (SSSR count). The van der Waals surface area contributed by atoms with Crippen molar-refractivity contribution in [3.63, 3.8) is 0 Å². The highest BCUT2D eigenvalue weighted by molar-refractivity contribution is 6.30. The first-order chi connectivity index (χ1) is 9.33. The summed E-state index contributed by atoms with van der Waals surface area (Å²) >= 11 is 6.02. The Morgan fingerprint density at radius 3 is 2.20 bits per heavy atom. The summed E-state index contributed by atoms with van der Waals surface area (Å²) in [5.74, 6) is 0. The van der Waals surface area contributed by atoms with E-state index in [1.165, 1.54) is 12.0 Å². The maximum Gasteiger partial charge on any atom is 0.0780 e. The molecule has 0 spiro atoms. The second-order valence-electron chi connectivity index (χ2n) is 6.59. The van der Waals surface area contributed by atoms with Gasteiger partial charge in [0.05, 0.1) is 5.60 Å². The number of rotatable bonds is 5. The van der Waals surface area contributed by atoms with Crippen LogP contribution in [0.5, 0.6) is 0 Å². The van der Waals surface area contributed by atoms with Crippen LogP contribution in [0, 0.1) is 0 Å². The monoisotopic (exact) mass is 295 g/mol. The van der Waals surface area contributed by atoms with Crippen molar-refractivity contribution in [2.24, 2.45) is 0 Å². The van der Waals surface area contributed by atoms with Crippen LogP contribution in [0.15, 0.2) is 24.3 Å². The molecule has 2 unspecified atom stereocenters. The van der Waals surface area contributed by atoms with Crippen LogP contribution < -0.4 is 0 Å². The zero-order valence-corrected chi connectivity index (χ0v) is 13.7. The Morgan fingerprint density at radius 1 is 1.30 bits per heavy atom. The van der Waals surface area contributed by atoms with E-state index in [0.717, 1.165) is 24.3 Å². The van der Waals surface area contributed by atoms with Crippen LogP contribution in [0.3, 0.4) is 0 Å². The SMILES string of the molecule is CCC(C)(O)C(N(C)C)C1(c2ccc(Cl)cc2)CCC1. The summed E-state index contributed by atoms with van der Waals surface area (Å²) in [5.41, 5.74) is 0.664. The van der Waals surface area contributed by atoms with Crippen molar-refractivity contribution in [1.82, 2.24) is 4.90 Å². The van der Waals surface area contributed by atoms with Crippen molar-refractivity contribution in [3.8, 4) is 0 Å². The molecule has 1 N–H and O–H groups in total. The van der Waals surface area contributed by atoms with Crippen molar-refractivity contribution < 1.29 is 5.11 Å². The molecule has 0 aromatic heterocycles. The number of nitrogens with zero attached hydrogens (tertiary/aromatic N) is 1. The Labute approximate surface area is 127 Å². The van der Waals surface area contributed by atoms with Gasteiger partial charge in [0, 0.05) is 16.5 Å². The normalized spacial score (nSPS) is 22.1. The quantitative estimate of drug-likeness (QED) is 0.892. The van der Waals surface area contributed by atoms with Gasteiger partial charge < -0.3 is 10.0 Å². The molecule has 1 aromatic carbocycles. The molecule has 112 valence electrons. The zero-order chi connectivity index (χ0) is 15.0. The minimum Gasteiger partial charge on any atom is -0.389 e. The fourth-order valence-corrected chi connectivity index (χ4v) is 4.02. The molecule has 0 amide bonds. The molecule has 1 aromatic rings. The predicted octanol–water partition coefficient (Wildman–Crippen LogP) is 3.85. The number of hydrogen-bond acceptors (Lipinski definition) is 2. The van der Waals surface area contributed by atoms with Crippen molar-refractivity contribution in [1.29, 1.82) is 0 Å². The summed E-state index contributed by atoms with van der Waals surface area (Å²) in [4.78, 5) is 2.19. The summed E-state index contributed by atoms with van der Waals surface area (Å²) in [6, 6.07) is 8.30. The molecule has 3 heteroatoms. The molecular formula is C17H26ClNO. The molecule has 1 aliphatic rings. The third-order valence-electron chi connectivity index (χ3n) is 5.01. The van der Waals surface area contributed by atoms with Crippen LogP contribution in [-0.2, 0) is 5.41 Å². The molecule has 20 heavy (non-hydrogen) atoms. The smallest absolute Gasteiger partial charge is 0.0780 e. The van der Waals surface area contributed by atoms with E-state index in [0.29, 0.717) is 0 Å². The molecule has 0 heterocycles. The van der Waals surface area contributed by atoms with Crippen molar-refractivity contribution >= 4 is 11.6 Å². The first kappa shape index (κ1) is 15.8. The lowest BCUT2D eigenvalue weighted by Crippen LogP contribution is -2.62. The van der Waals surface area contributed by atoms with Gasteiger partial charge >= 0.3 is 0 Å². The number of likely N-dealkylation sites (N-methyl/N-ethyl adjacent to an activating group) is 1. The lowest BCUT2D eigenvalue weighted by Gasteiger charge is -2.55. The summed E-state index contributed by atoms with van der Waals surface area (Å²) in [6.07, 6.45) is 4.25. The van der Waals surface area contributed by atoms with Gasteiger partial charge in [0.15, 0.2) is 0 Å². The van der Waals surface area contributed by atoms with Gasteiger partial charge in [0.2, 0.25) is 0 Å². The molecule has 2 nitrogen and oxygen atoms in total. The van der Waals surface area contributed by atoms with Gasteiger partial charge in [-0.05, 0) is 58.0 Å². The Balaban J connectivity index is 2.45. The van der Waals surface area contributed by atoms with Crippen LogP contribution in [0.2, 0.25) is 5.02 Å². The second-order valence-corrected chi connectivity index (χ2v) is 7.03. The summed E-state index contributed by atoms with van der Waals surface area (Å²) in [7, 11) is 4.15. The van der Waals surface area contributed by atoms with Crippen molar-refractivity contribution in [3.05, 3.63) is 34.9 Å². The minimum absolute atomic E-state index is 0.0492. The van der Waals surface area contributed by atoms with E-state index in [9.17, 15) is 5.11 Å². The van der Waals surface area contributed by atoms with Gasteiger partial charge in [-0.15, -0.1) is 0 Å². The highest BCUT2D eigenvalue weighted by atomic mass is 35.5. The van der Waals surface area contributed by atoms with Gasteiger partial charge in [-0.2, -0.15) is 0 Å². The molecule has 1 fully saturated rings. The van der Waals surface area contributed by atoms with E-state index in [1.807, 2.05) is 19.1 Å². The summed E-state index contributed by atoms with van der Waals surface area (Å²) < 4.78 is 0. The lowest BCUT2D eigenvalue weighted by atomic mass is 9.56. The van der Waals surface area contributed by atoms with E-state index in [2.05, 4.69) is 38.1 Å². The number of hydrogen-bond donors (Lipinski definition) is 1. The van der Waals surface area contributed by atoms with E-state index in [-0.39, 0.29) is 11.5 Å². The first-order valence-corrected chi connectivity index (χ1v) is 7.86. The largest absolute Gasteiger partial charge is 0.389 e. The Kier molecular flexibility index (Phi) is 4.48. The molecule has 2 atom stereocenters. The zero-order valence-electron chi connectivity index (χ0n) is 13.0. The van der Waals surface area contributed by atoms with Crippen molar-refractivity contribution in [2.75, 3.05) is 14.1 Å². The van der Waals surface area contributed by atoms with Crippen LogP contribution in [0.1, 0.15) is 45.1 Å². The second kappa shape index (κ2) is 5.67. The Bertz CT molecular complexity index is 449. The van der Waals surface area contributed by atoms with Gasteiger partial charge in [0.25, 0.3) is 0 Å². The number of benzene rings is 1. The molecule has 0 saturated heterocycles. The number of aliphatic hydroxyl groups is 1. The van der Waals surface area contributed by atoms with Gasteiger partial charge in [-0.1, -0.05) is 37.1 Å². The lowest BCUT2D eigenvalue weighted by molar-refractivity contribution is -0.0759. The van der Waals surface area contributed by atoms with E-state index < -0.39 is 5.60 Å². The topological polar surface area (TPSA) is 23.5 Å². The fourth-order valence-electron chi connectivity index (χ4n) is 3.90. The molecule has 0 radical (unpaired) electrons. The summed E-state index contributed by atoms with van der Waals surface area (Å²) in [5, 5.41) is 11.7. The van der Waals surface area contributed by atoms with Crippen LogP contribution in [-0.4, -0.2) is 35.7 Å². The standard InChI is InChI=1S/C17H26ClNO/c1-5-16(2,20)15(19(3)4)17(11-6-12-17)13-7-9-14(18)10-8-13/h7-10,15,20H,5-6,11-12H2,1-4H3. The Hall–Kier alpha value is -0.570. The van der Waals surface area contributed by atoms with Crippen molar-refractivity contribution in [2.45, 2.75) is 56.6 Å². The average molecular weight is 296 g/mol.